The summed E-state index contributed by atoms with van der Waals surface area (Å²) in [6, 6.07) is 6.73. The molecule has 0 aromatic heterocycles. The highest BCUT2D eigenvalue weighted by Gasteiger charge is 2.30. The fourth-order valence-corrected chi connectivity index (χ4v) is 2.85. The van der Waals surface area contributed by atoms with Gasteiger partial charge in [-0.25, -0.2) is 4.39 Å². The molecule has 3 N–H and O–H groups in total. The van der Waals surface area contributed by atoms with Gasteiger partial charge in [-0.05, 0) is 30.9 Å². The Bertz CT molecular complexity index is 443. The maximum Gasteiger partial charge on any atom is 0.221 e. The van der Waals surface area contributed by atoms with Crippen molar-refractivity contribution in [3.05, 3.63) is 30.1 Å². The van der Waals surface area contributed by atoms with Crippen molar-refractivity contribution in [3.8, 4) is 0 Å². The number of benzene rings is 1. The molecule has 1 aromatic carbocycles. The van der Waals surface area contributed by atoms with E-state index >= 15 is 0 Å². The Morgan fingerprint density at radius 1 is 1.45 bits per heavy atom. The highest BCUT2D eigenvalue weighted by atomic mass is 35.5. The number of nitrogens with one attached hydrogen (secondary N) is 1. The van der Waals surface area contributed by atoms with Gasteiger partial charge >= 0.3 is 0 Å². The third-order valence-corrected chi connectivity index (χ3v) is 4.27. The Balaban J connectivity index is 0.00000200. The number of carbonyl (C=O) groups excluding carboxylic acids is 1. The number of amides is 1. The first-order valence-electron chi connectivity index (χ1n) is 6.57. The van der Waals surface area contributed by atoms with E-state index in [1.165, 1.54) is 17.8 Å². The van der Waals surface area contributed by atoms with E-state index in [-0.39, 0.29) is 30.2 Å². The molecule has 0 saturated heterocycles. The highest BCUT2D eigenvalue weighted by Crippen LogP contribution is 2.32. The van der Waals surface area contributed by atoms with E-state index < -0.39 is 0 Å². The molecule has 1 aromatic rings. The van der Waals surface area contributed by atoms with E-state index in [1.807, 2.05) is 0 Å². The molecule has 0 spiro atoms. The summed E-state index contributed by atoms with van der Waals surface area (Å²) in [4.78, 5) is 12.3. The van der Waals surface area contributed by atoms with Gasteiger partial charge in [0.15, 0.2) is 0 Å². The largest absolute Gasteiger partial charge is 0.352 e. The maximum atomic E-state index is 13.4. The van der Waals surface area contributed by atoms with Gasteiger partial charge in [-0.3, -0.25) is 4.79 Å². The molecule has 1 aliphatic rings. The van der Waals surface area contributed by atoms with E-state index in [0.717, 1.165) is 12.8 Å². The minimum absolute atomic E-state index is 0. The quantitative estimate of drug-likeness (QED) is 0.760. The minimum Gasteiger partial charge on any atom is -0.352 e. The van der Waals surface area contributed by atoms with Gasteiger partial charge in [-0.15, -0.1) is 24.2 Å². The molecule has 0 heterocycles. The molecule has 1 fully saturated rings. The molecule has 112 valence electrons. The van der Waals surface area contributed by atoms with E-state index in [4.69, 9.17) is 5.73 Å². The Morgan fingerprint density at radius 2 is 2.15 bits per heavy atom. The van der Waals surface area contributed by atoms with Crippen molar-refractivity contribution < 1.29 is 9.18 Å². The molecule has 1 saturated carbocycles. The van der Waals surface area contributed by atoms with Crippen molar-refractivity contribution >= 4 is 30.1 Å². The number of hydrogen-bond acceptors (Lipinski definition) is 3. The number of carbonyl (C=O) groups is 1. The fraction of sp³-hybridized carbons (Fsp3) is 0.500. The van der Waals surface area contributed by atoms with Crippen molar-refractivity contribution in [2.24, 2.45) is 11.7 Å². The van der Waals surface area contributed by atoms with E-state index in [0.29, 0.717) is 29.5 Å². The summed E-state index contributed by atoms with van der Waals surface area (Å²) in [7, 11) is 0. The Hall–Kier alpha value is -0.780. The van der Waals surface area contributed by atoms with Crippen LogP contribution in [0.25, 0.3) is 0 Å². The summed E-state index contributed by atoms with van der Waals surface area (Å²) in [5.41, 5.74) is 5.63. The van der Waals surface area contributed by atoms with Gasteiger partial charge in [0.1, 0.15) is 5.82 Å². The van der Waals surface area contributed by atoms with Crippen LogP contribution in [0, 0.1) is 11.7 Å². The van der Waals surface area contributed by atoms with Crippen LogP contribution in [0.2, 0.25) is 0 Å². The maximum absolute atomic E-state index is 13.4. The van der Waals surface area contributed by atoms with Crippen molar-refractivity contribution in [2.45, 2.75) is 30.2 Å². The molecule has 0 aliphatic heterocycles. The summed E-state index contributed by atoms with van der Waals surface area (Å²) < 4.78 is 13.4. The van der Waals surface area contributed by atoms with E-state index in [1.54, 1.807) is 18.2 Å². The molecular formula is C14H20ClFN2OS. The average molecular weight is 319 g/mol. The molecule has 20 heavy (non-hydrogen) atoms. The summed E-state index contributed by atoms with van der Waals surface area (Å²) in [6.07, 6.45) is 2.71. The standard InChI is InChI=1S/C14H19FN2OS.ClH/c15-11-3-1-2-4-13(11)19-8-7-14(18)17-12(9-16)10-5-6-10;/h1-4,10,12H,5-9,16H2,(H,17,18);1H. The minimum atomic E-state index is -0.231. The predicted molar refractivity (Wildman–Crippen MR) is 82.7 cm³/mol. The van der Waals surface area contributed by atoms with Crippen molar-refractivity contribution in [1.82, 2.24) is 5.32 Å². The van der Waals surface area contributed by atoms with E-state index in [2.05, 4.69) is 5.32 Å². The topological polar surface area (TPSA) is 55.1 Å². The molecule has 1 amide bonds. The van der Waals surface area contributed by atoms with Gasteiger partial charge < -0.3 is 11.1 Å². The van der Waals surface area contributed by atoms with Crippen molar-refractivity contribution in [1.29, 1.82) is 0 Å². The number of thioether (sulfide) groups is 1. The first-order chi connectivity index (χ1) is 9.20. The molecule has 6 heteroatoms. The lowest BCUT2D eigenvalue weighted by Crippen LogP contribution is -2.41. The SMILES string of the molecule is Cl.NCC(NC(=O)CCSc1ccccc1F)C1CC1. The molecule has 0 radical (unpaired) electrons. The van der Waals surface area contributed by atoms with Crippen molar-refractivity contribution in [3.63, 3.8) is 0 Å². The number of nitrogens with two attached hydrogens (primary N) is 1. The number of rotatable bonds is 7. The lowest BCUT2D eigenvalue weighted by atomic mass is 10.2. The smallest absolute Gasteiger partial charge is 0.221 e. The second kappa shape index (κ2) is 8.49. The molecular weight excluding hydrogens is 299 g/mol. The zero-order valence-electron chi connectivity index (χ0n) is 11.2. The van der Waals surface area contributed by atoms with Crippen LogP contribution in [0.5, 0.6) is 0 Å². The van der Waals surface area contributed by atoms with Gasteiger partial charge in [0.25, 0.3) is 0 Å². The van der Waals surface area contributed by atoms with E-state index in [9.17, 15) is 9.18 Å². The summed E-state index contributed by atoms with van der Waals surface area (Å²) in [5, 5.41) is 2.96. The first kappa shape index (κ1) is 17.3. The Morgan fingerprint density at radius 3 is 2.75 bits per heavy atom. The van der Waals surface area contributed by atoms with Crippen LogP contribution in [-0.4, -0.2) is 24.2 Å². The third kappa shape index (κ3) is 5.31. The van der Waals surface area contributed by atoms with Gasteiger partial charge in [-0.2, -0.15) is 0 Å². The normalized spacial score (nSPS) is 15.3. The zero-order valence-corrected chi connectivity index (χ0v) is 12.8. The molecule has 1 aliphatic carbocycles. The molecule has 3 nitrogen and oxygen atoms in total. The second-order valence-electron chi connectivity index (χ2n) is 4.78. The van der Waals surface area contributed by atoms with Gasteiger partial charge in [-0.1, -0.05) is 12.1 Å². The molecule has 1 unspecified atom stereocenters. The zero-order chi connectivity index (χ0) is 13.7. The Labute approximate surface area is 129 Å². The Kier molecular flexibility index (Phi) is 7.34. The van der Waals surface area contributed by atoms with Crippen LogP contribution in [-0.2, 0) is 4.79 Å². The molecule has 1 atom stereocenters. The summed E-state index contributed by atoms with van der Waals surface area (Å²) >= 11 is 1.37. The van der Waals surface area contributed by atoms with Gasteiger partial charge in [0.05, 0.1) is 0 Å². The second-order valence-corrected chi connectivity index (χ2v) is 5.91. The molecule has 0 bridgehead atoms. The van der Waals surface area contributed by atoms with Crippen LogP contribution in [0.4, 0.5) is 4.39 Å². The molecule has 2 rings (SSSR count). The summed E-state index contributed by atoms with van der Waals surface area (Å²) in [6.45, 7) is 0.497. The van der Waals surface area contributed by atoms with Crippen LogP contribution in [0.3, 0.4) is 0 Å². The van der Waals surface area contributed by atoms with Gasteiger partial charge in [0, 0.05) is 29.7 Å². The van der Waals surface area contributed by atoms with Gasteiger partial charge in [0.2, 0.25) is 5.91 Å². The van der Waals surface area contributed by atoms with Crippen molar-refractivity contribution in [2.75, 3.05) is 12.3 Å². The lowest BCUT2D eigenvalue weighted by Gasteiger charge is -2.15. The first-order valence-corrected chi connectivity index (χ1v) is 7.56. The lowest BCUT2D eigenvalue weighted by molar-refractivity contribution is -0.121. The summed E-state index contributed by atoms with van der Waals surface area (Å²) in [5.74, 6) is 0.916. The number of hydrogen-bond donors (Lipinski definition) is 2. The monoisotopic (exact) mass is 318 g/mol. The third-order valence-electron chi connectivity index (χ3n) is 3.21. The fourth-order valence-electron chi connectivity index (χ4n) is 1.96. The number of halogens is 2. The highest BCUT2D eigenvalue weighted by molar-refractivity contribution is 7.99. The van der Waals surface area contributed by atoms with Crippen LogP contribution in [0.1, 0.15) is 19.3 Å². The average Bonchev–Trinajstić information content (AvgIpc) is 3.22. The predicted octanol–water partition coefficient (Wildman–Crippen LogP) is 2.58. The van der Waals surface area contributed by atoms with Crippen LogP contribution in [0.15, 0.2) is 29.2 Å². The van der Waals surface area contributed by atoms with Crippen LogP contribution >= 0.6 is 24.2 Å². The van der Waals surface area contributed by atoms with Crippen LogP contribution < -0.4 is 11.1 Å².